The predicted octanol–water partition coefficient (Wildman–Crippen LogP) is 3.49. The van der Waals surface area contributed by atoms with Crippen LogP contribution in [0.1, 0.15) is 77.2 Å². The zero-order valence-corrected chi connectivity index (χ0v) is 20.5. The summed E-state index contributed by atoms with van der Waals surface area (Å²) >= 11 is 0. The van der Waals surface area contributed by atoms with Crippen molar-refractivity contribution in [3.05, 3.63) is 29.6 Å². The molecule has 8 heteroatoms. The standard InChI is InChI=1S/C26H37FN4O3/c1-16(2)18-4-7-20(8-5-18)30-12-10-21(11-13-30)31-24-9-6-19(27)14-22(24)23(26(31)34)15-25(33)29-28-17(3)32/h6,9,14,16,18,20-21,23H,4-5,7-8,10-13,15H2,1-3H3,(H,28,32)(H,29,33)/t18-,20+,23?. The molecule has 1 saturated heterocycles. The maximum Gasteiger partial charge on any atom is 0.239 e. The summed E-state index contributed by atoms with van der Waals surface area (Å²) in [6, 6.07) is 5.08. The zero-order chi connectivity index (χ0) is 24.4. The Kier molecular flexibility index (Phi) is 7.55. The van der Waals surface area contributed by atoms with E-state index in [0.29, 0.717) is 17.3 Å². The molecule has 3 aliphatic rings. The summed E-state index contributed by atoms with van der Waals surface area (Å²) in [7, 11) is 0. The summed E-state index contributed by atoms with van der Waals surface area (Å²) in [5.41, 5.74) is 5.82. The number of hydrogen-bond acceptors (Lipinski definition) is 4. The van der Waals surface area contributed by atoms with E-state index in [0.717, 1.165) is 37.8 Å². The van der Waals surface area contributed by atoms with Crippen LogP contribution in [0.5, 0.6) is 0 Å². The molecule has 2 fully saturated rings. The lowest BCUT2D eigenvalue weighted by Crippen LogP contribution is -2.50. The molecule has 0 bridgehead atoms. The summed E-state index contributed by atoms with van der Waals surface area (Å²) in [4.78, 5) is 41.2. The Labute approximate surface area is 201 Å². The topological polar surface area (TPSA) is 81.8 Å². The first-order valence-corrected chi connectivity index (χ1v) is 12.7. The van der Waals surface area contributed by atoms with Crippen molar-refractivity contribution < 1.29 is 18.8 Å². The molecule has 1 aromatic rings. The number of nitrogens with one attached hydrogen (secondary N) is 2. The number of likely N-dealkylation sites (tertiary alicyclic amines) is 1. The summed E-state index contributed by atoms with van der Waals surface area (Å²) < 4.78 is 14.1. The quantitative estimate of drug-likeness (QED) is 0.643. The highest BCUT2D eigenvalue weighted by Crippen LogP contribution is 2.43. The molecule has 0 spiro atoms. The molecule has 1 aromatic carbocycles. The van der Waals surface area contributed by atoms with Crippen LogP contribution in [0.15, 0.2) is 18.2 Å². The maximum atomic E-state index is 14.1. The van der Waals surface area contributed by atoms with Crippen molar-refractivity contribution in [3.8, 4) is 0 Å². The number of carbonyl (C=O) groups excluding carboxylic acids is 3. The Morgan fingerprint density at radius 1 is 1.03 bits per heavy atom. The highest BCUT2D eigenvalue weighted by Gasteiger charge is 2.43. The Balaban J connectivity index is 1.41. The van der Waals surface area contributed by atoms with Gasteiger partial charge in [0.25, 0.3) is 0 Å². The van der Waals surface area contributed by atoms with Gasteiger partial charge in [0.2, 0.25) is 17.7 Å². The molecule has 2 N–H and O–H groups in total. The molecule has 4 rings (SSSR count). The van der Waals surface area contributed by atoms with Gasteiger partial charge in [-0.05, 0) is 74.1 Å². The van der Waals surface area contributed by atoms with Gasteiger partial charge >= 0.3 is 0 Å². The number of halogens is 1. The van der Waals surface area contributed by atoms with Gasteiger partial charge in [0, 0.05) is 44.2 Å². The van der Waals surface area contributed by atoms with Crippen molar-refractivity contribution in [3.63, 3.8) is 0 Å². The van der Waals surface area contributed by atoms with Gasteiger partial charge in [-0.3, -0.25) is 25.2 Å². The van der Waals surface area contributed by atoms with Crippen molar-refractivity contribution in [2.45, 2.75) is 83.7 Å². The number of benzene rings is 1. The molecule has 2 aliphatic heterocycles. The zero-order valence-electron chi connectivity index (χ0n) is 20.5. The van der Waals surface area contributed by atoms with Crippen LogP contribution in [0.3, 0.4) is 0 Å². The third-order valence-electron chi connectivity index (χ3n) is 7.99. The average molecular weight is 473 g/mol. The second kappa shape index (κ2) is 10.4. The number of anilines is 1. The average Bonchev–Trinajstić information content (AvgIpc) is 3.08. The van der Waals surface area contributed by atoms with E-state index < -0.39 is 23.5 Å². The fourth-order valence-corrected chi connectivity index (χ4v) is 6.05. The Bertz CT molecular complexity index is 921. The Hall–Kier alpha value is -2.48. The molecule has 1 atom stereocenters. The number of hydrogen-bond donors (Lipinski definition) is 2. The van der Waals surface area contributed by atoms with Gasteiger partial charge < -0.3 is 9.80 Å². The second-order valence-corrected chi connectivity index (χ2v) is 10.5. The molecule has 0 radical (unpaired) electrons. The SMILES string of the molecule is CC(=O)NNC(=O)CC1C(=O)N(C2CCN([C@H]3CC[C@@H](C(C)C)CC3)CC2)c2ccc(F)cc21. The van der Waals surface area contributed by atoms with Gasteiger partial charge in [-0.2, -0.15) is 0 Å². The first-order chi connectivity index (χ1) is 16.2. The molecule has 1 unspecified atom stereocenters. The van der Waals surface area contributed by atoms with Crippen LogP contribution in [0.25, 0.3) is 0 Å². The number of carbonyl (C=O) groups is 3. The van der Waals surface area contributed by atoms with E-state index in [1.807, 2.05) is 0 Å². The van der Waals surface area contributed by atoms with Crippen LogP contribution < -0.4 is 15.8 Å². The lowest BCUT2D eigenvalue weighted by atomic mass is 9.79. The van der Waals surface area contributed by atoms with E-state index in [4.69, 9.17) is 0 Å². The van der Waals surface area contributed by atoms with Gasteiger partial charge in [0.05, 0.1) is 5.92 Å². The van der Waals surface area contributed by atoms with E-state index in [1.165, 1.54) is 44.7 Å². The van der Waals surface area contributed by atoms with Gasteiger partial charge in [-0.1, -0.05) is 13.8 Å². The van der Waals surface area contributed by atoms with Gasteiger partial charge in [-0.25, -0.2) is 4.39 Å². The number of piperidine rings is 1. The molecule has 34 heavy (non-hydrogen) atoms. The molecule has 1 saturated carbocycles. The molecule has 2 heterocycles. The Morgan fingerprint density at radius 3 is 2.32 bits per heavy atom. The number of nitrogens with zero attached hydrogens (tertiary/aromatic N) is 2. The molecule has 0 aromatic heterocycles. The highest BCUT2D eigenvalue weighted by atomic mass is 19.1. The fraction of sp³-hybridized carbons (Fsp3) is 0.654. The van der Waals surface area contributed by atoms with Gasteiger partial charge in [0.15, 0.2) is 0 Å². The van der Waals surface area contributed by atoms with Gasteiger partial charge in [-0.15, -0.1) is 0 Å². The lowest BCUT2D eigenvalue weighted by Gasteiger charge is -2.43. The second-order valence-electron chi connectivity index (χ2n) is 10.5. The van der Waals surface area contributed by atoms with Crippen LogP contribution >= 0.6 is 0 Å². The number of hydrazine groups is 1. The molecule has 7 nitrogen and oxygen atoms in total. The summed E-state index contributed by atoms with van der Waals surface area (Å²) in [5.74, 6) is -0.606. The lowest BCUT2D eigenvalue weighted by molar-refractivity contribution is -0.129. The van der Waals surface area contributed by atoms with Crippen LogP contribution in [0.2, 0.25) is 0 Å². The first kappa shape index (κ1) is 24.6. The smallest absolute Gasteiger partial charge is 0.239 e. The first-order valence-electron chi connectivity index (χ1n) is 12.7. The third-order valence-corrected chi connectivity index (χ3v) is 7.99. The van der Waals surface area contributed by atoms with E-state index in [1.54, 1.807) is 11.0 Å². The van der Waals surface area contributed by atoms with E-state index in [9.17, 15) is 18.8 Å². The normalized spacial score (nSPS) is 26.0. The largest absolute Gasteiger partial charge is 0.308 e. The minimum Gasteiger partial charge on any atom is -0.308 e. The van der Waals surface area contributed by atoms with Crippen LogP contribution in [0, 0.1) is 17.7 Å². The maximum absolute atomic E-state index is 14.1. The molecule has 3 amide bonds. The van der Waals surface area contributed by atoms with Crippen molar-refractivity contribution in [2.24, 2.45) is 11.8 Å². The predicted molar refractivity (Wildman–Crippen MR) is 128 cm³/mol. The highest BCUT2D eigenvalue weighted by molar-refractivity contribution is 6.07. The van der Waals surface area contributed by atoms with E-state index >= 15 is 0 Å². The third kappa shape index (κ3) is 5.27. The van der Waals surface area contributed by atoms with Crippen molar-refractivity contribution in [2.75, 3.05) is 18.0 Å². The molecule has 1 aliphatic carbocycles. The molecular weight excluding hydrogens is 435 g/mol. The fourth-order valence-electron chi connectivity index (χ4n) is 6.05. The van der Waals surface area contributed by atoms with E-state index in [-0.39, 0.29) is 18.4 Å². The minimum absolute atomic E-state index is 0.0448. The van der Waals surface area contributed by atoms with Crippen LogP contribution in [-0.4, -0.2) is 47.8 Å². The van der Waals surface area contributed by atoms with Crippen LogP contribution in [-0.2, 0) is 14.4 Å². The van der Waals surface area contributed by atoms with Gasteiger partial charge in [0.1, 0.15) is 5.82 Å². The summed E-state index contributed by atoms with van der Waals surface area (Å²) in [6.07, 6.45) is 6.72. The summed E-state index contributed by atoms with van der Waals surface area (Å²) in [5, 5.41) is 0. The molecule has 186 valence electrons. The van der Waals surface area contributed by atoms with Crippen LogP contribution in [0.4, 0.5) is 10.1 Å². The van der Waals surface area contributed by atoms with Crippen molar-refractivity contribution in [1.29, 1.82) is 0 Å². The monoisotopic (exact) mass is 472 g/mol. The number of fused-ring (bicyclic) bond motifs is 1. The summed E-state index contributed by atoms with van der Waals surface area (Å²) in [6.45, 7) is 7.84. The van der Waals surface area contributed by atoms with Crippen molar-refractivity contribution in [1.82, 2.24) is 15.8 Å². The molecular formula is C26H37FN4O3. The number of amides is 3. The van der Waals surface area contributed by atoms with Crippen molar-refractivity contribution >= 4 is 23.4 Å². The minimum atomic E-state index is -0.746. The van der Waals surface area contributed by atoms with E-state index in [2.05, 4.69) is 29.6 Å². The Morgan fingerprint density at radius 2 is 1.71 bits per heavy atom. The number of rotatable bonds is 5.